The van der Waals surface area contributed by atoms with Gasteiger partial charge in [-0.3, -0.25) is 4.99 Å². The van der Waals surface area contributed by atoms with Crippen molar-refractivity contribution in [2.24, 2.45) is 9.98 Å². The maximum absolute atomic E-state index is 13.0. The lowest BCUT2D eigenvalue weighted by molar-refractivity contribution is 0.0528. The summed E-state index contributed by atoms with van der Waals surface area (Å²) < 4.78 is 7.13. The van der Waals surface area contributed by atoms with Gasteiger partial charge in [0.2, 0.25) is 0 Å². The third-order valence-corrected chi connectivity index (χ3v) is 6.53. The minimum absolute atomic E-state index is 0.260. The number of aliphatic imine (C=N–C) groups is 2. The standard InChI is InChI=1S/C24H24N4O2S/c1-2-30-24(29)19-20(16-10-5-3-6-11-16)27-28-22(19)26-21(18-14-9-15-31-18)23(28)25-17-12-7-4-8-13-17/h3,5-6,9-11,14-15,17H,2,4,7-8,12-13H2,1H3. The zero-order valence-electron chi connectivity index (χ0n) is 17.5. The summed E-state index contributed by atoms with van der Waals surface area (Å²) >= 11 is 1.62. The molecular weight excluding hydrogens is 408 g/mol. The van der Waals surface area contributed by atoms with Crippen LogP contribution < -0.4 is 0 Å². The average molecular weight is 433 g/mol. The van der Waals surface area contributed by atoms with Gasteiger partial charge in [0.05, 0.1) is 17.5 Å². The molecule has 1 aliphatic heterocycles. The average Bonchev–Trinajstić information content (AvgIpc) is 3.52. The first-order chi connectivity index (χ1) is 15.3. The number of ether oxygens (including phenoxy) is 1. The van der Waals surface area contributed by atoms with Crippen LogP contribution in [0, 0.1) is 0 Å². The molecule has 0 saturated heterocycles. The van der Waals surface area contributed by atoms with E-state index < -0.39 is 5.97 Å². The smallest absolute Gasteiger partial charge is 0.344 e. The Labute approximate surface area is 185 Å². The highest BCUT2D eigenvalue weighted by Crippen LogP contribution is 2.36. The van der Waals surface area contributed by atoms with Crippen LogP contribution in [0.2, 0.25) is 0 Å². The topological polar surface area (TPSA) is 68.8 Å². The van der Waals surface area contributed by atoms with Crippen LogP contribution in [0.3, 0.4) is 0 Å². The second-order valence-electron chi connectivity index (χ2n) is 7.73. The van der Waals surface area contributed by atoms with Crippen LogP contribution in [0.4, 0.5) is 5.82 Å². The van der Waals surface area contributed by atoms with Gasteiger partial charge >= 0.3 is 5.97 Å². The van der Waals surface area contributed by atoms with Crippen molar-refractivity contribution in [3.05, 3.63) is 58.3 Å². The van der Waals surface area contributed by atoms with Gasteiger partial charge in [-0.25, -0.2) is 9.79 Å². The highest BCUT2D eigenvalue weighted by atomic mass is 32.1. The van der Waals surface area contributed by atoms with Crippen LogP contribution >= 0.6 is 11.3 Å². The molecule has 0 amide bonds. The van der Waals surface area contributed by atoms with E-state index in [1.165, 1.54) is 19.3 Å². The van der Waals surface area contributed by atoms with E-state index in [1.807, 2.05) is 47.8 Å². The summed E-state index contributed by atoms with van der Waals surface area (Å²) in [6.45, 7) is 2.10. The van der Waals surface area contributed by atoms with Gasteiger partial charge in [0.15, 0.2) is 11.7 Å². The Hall–Kier alpha value is -3.06. The van der Waals surface area contributed by atoms with E-state index in [4.69, 9.17) is 19.8 Å². The molecule has 0 spiro atoms. The molecule has 1 aromatic carbocycles. The Morgan fingerprint density at radius 3 is 2.68 bits per heavy atom. The number of hydrogen-bond acceptors (Lipinski definition) is 6. The Morgan fingerprint density at radius 1 is 1.16 bits per heavy atom. The van der Waals surface area contributed by atoms with Crippen LogP contribution in [0.1, 0.15) is 54.3 Å². The van der Waals surface area contributed by atoms with Gasteiger partial charge in [-0.05, 0) is 31.2 Å². The fraction of sp³-hybridized carbons (Fsp3) is 0.333. The van der Waals surface area contributed by atoms with Crippen molar-refractivity contribution in [2.75, 3.05) is 6.61 Å². The van der Waals surface area contributed by atoms with Crippen molar-refractivity contribution in [3.8, 4) is 11.3 Å². The SMILES string of the molecule is CCOC(=O)c1c(-c2ccccc2)nn2c1N=C(c1cccs1)C2=NC1CCCCC1. The molecule has 1 aliphatic carbocycles. The predicted molar refractivity (Wildman–Crippen MR) is 124 cm³/mol. The summed E-state index contributed by atoms with van der Waals surface area (Å²) in [7, 11) is 0. The molecule has 3 heterocycles. The monoisotopic (exact) mass is 432 g/mol. The Morgan fingerprint density at radius 2 is 1.97 bits per heavy atom. The Kier molecular flexibility index (Phi) is 5.51. The minimum Gasteiger partial charge on any atom is -0.462 e. The van der Waals surface area contributed by atoms with Crippen LogP contribution in [0.5, 0.6) is 0 Å². The first-order valence-electron chi connectivity index (χ1n) is 10.8. The lowest BCUT2D eigenvalue weighted by Crippen LogP contribution is -2.23. The second-order valence-corrected chi connectivity index (χ2v) is 8.68. The van der Waals surface area contributed by atoms with E-state index >= 15 is 0 Å². The van der Waals surface area contributed by atoms with Crippen LogP contribution in [-0.2, 0) is 4.74 Å². The highest BCUT2D eigenvalue weighted by Gasteiger charge is 2.35. The summed E-state index contributed by atoms with van der Waals surface area (Å²) in [5.41, 5.74) is 2.63. The van der Waals surface area contributed by atoms with E-state index in [-0.39, 0.29) is 6.04 Å². The number of nitrogens with zero attached hydrogens (tertiary/aromatic N) is 4. The molecule has 2 aromatic heterocycles. The summed E-state index contributed by atoms with van der Waals surface area (Å²) in [6.07, 6.45) is 5.82. The second kappa shape index (κ2) is 8.59. The van der Waals surface area contributed by atoms with Crippen molar-refractivity contribution >= 4 is 34.7 Å². The quantitative estimate of drug-likeness (QED) is 0.500. The van der Waals surface area contributed by atoms with Gasteiger partial charge in [-0.2, -0.15) is 9.78 Å². The van der Waals surface area contributed by atoms with Gasteiger partial charge in [-0.15, -0.1) is 11.3 Å². The van der Waals surface area contributed by atoms with Crippen molar-refractivity contribution in [3.63, 3.8) is 0 Å². The molecular formula is C24H24N4O2S. The number of carbonyl (C=O) groups excluding carboxylic acids is 1. The third kappa shape index (κ3) is 3.74. The normalized spacial score (nSPS) is 17.6. The van der Waals surface area contributed by atoms with Crippen molar-refractivity contribution < 1.29 is 9.53 Å². The number of thiophene rings is 1. The molecule has 6 nitrogen and oxygen atoms in total. The van der Waals surface area contributed by atoms with Crippen LogP contribution in [-0.4, -0.2) is 39.9 Å². The Bertz CT molecular complexity index is 1140. The van der Waals surface area contributed by atoms with Gasteiger partial charge < -0.3 is 4.74 Å². The van der Waals surface area contributed by atoms with Crippen molar-refractivity contribution in [2.45, 2.75) is 45.1 Å². The molecule has 0 radical (unpaired) electrons. The number of hydrogen-bond donors (Lipinski definition) is 0. The van der Waals surface area contributed by atoms with Crippen molar-refractivity contribution in [1.82, 2.24) is 9.78 Å². The molecule has 0 N–H and O–H groups in total. The molecule has 1 fully saturated rings. The van der Waals surface area contributed by atoms with E-state index in [1.54, 1.807) is 22.9 Å². The molecule has 0 atom stereocenters. The summed E-state index contributed by atoms with van der Waals surface area (Å²) in [4.78, 5) is 24.0. The summed E-state index contributed by atoms with van der Waals surface area (Å²) in [5, 5.41) is 6.87. The number of aromatic nitrogens is 2. The largest absolute Gasteiger partial charge is 0.462 e. The number of carbonyl (C=O) groups is 1. The van der Waals surface area contributed by atoms with Crippen molar-refractivity contribution in [1.29, 1.82) is 0 Å². The predicted octanol–water partition coefficient (Wildman–Crippen LogP) is 5.50. The highest BCUT2D eigenvalue weighted by molar-refractivity contribution is 7.13. The first-order valence-corrected chi connectivity index (χ1v) is 11.7. The third-order valence-electron chi connectivity index (χ3n) is 5.65. The van der Waals surface area contributed by atoms with Gasteiger partial charge in [0.25, 0.3) is 0 Å². The first kappa shape index (κ1) is 19.9. The fourth-order valence-corrected chi connectivity index (χ4v) is 4.89. The van der Waals surface area contributed by atoms with Crippen LogP contribution in [0.15, 0.2) is 57.8 Å². The molecule has 1 saturated carbocycles. The van der Waals surface area contributed by atoms with E-state index in [9.17, 15) is 4.79 Å². The molecule has 0 bridgehead atoms. The number of esters is 1. The number of fused-ring (bicyclic) bond motifs is 1. The molecule has 5 rings (SSSR count). The van der Waals surface area contributed by atoms with Gasteiger partial charge in [-0.1, -0.05) is 55.7 Å². The number of benzene rings is 1. The van der Waals surface area contributed by atoms with Gasteiger partial charge in [0.1, 0.15) is 17.0 Å². The lowest BCUT2D eigenvalue weighted by atomic mass is 9.96. The zero-order valence-corrected chi connectivity index (χ0v) is 18.3. The lowest BCUT2D eigenvalue weighted by Gasteiger charge is -2.18. The molecule has 7 heteroatoms. The Balaban J connectivity index is 1.69. The molecule has 2 aliphatic rings. The maximum Gasteiger partial charge on any atom is 0.344 e. The van der Waals surface area contributed by atoms with E-state index in [2.05, 4.69) is 0 Å². The minimum atomic E-state index is -0.407. The summed E-state index contributed by atoms with van der Waals surface area (Å²) in [5.74, 6) is 0.836. The maximum atomic E-state index is 13.0. The van der Waals surface area contributed by atoms with E-state index in [0.29, 0.717) is 23.7 Å². The zero-order chi connectivity index (χ0) is 21.2. The molecule has 158 valence electrons. The molecule has 31 heavy (non-hydrogen) atoms. The molecule has 3 aromatic rings. The van der Waals surface area contributed by atoms with Crippen LogP contribution in [0.25, 0.3) is 11.3 Å². The molecule has 0 unspecified atom stereocenters. The van der Waals surface area contributed by atoms with E-state index in [0.717, 1.165) is 34.8 Å². The fourth-order valence-electron chi connectivity index (χ4n) is 4.18. The summed E-state index contributed by atoms with van der Waals surface area (Å²) in [6, 6.07) is 14.0. The van der Waals surface area contributed by atoms with Gasteiger partial charge in [0, 0.05) is 5.56 Å². The number of rotatable bonds is 5.